The van der Waals surface area contributed by atoms with Gasteiger partial charge in [-0.05, 0) is 73.2 Å². The summed E-state index contributed by atoms with van der Waals surface area (Å²) in [6, 6.07) is 20.6. The molecule has 1 unspecified atom stereocenters. The summed E-state index contributed by atoms with van der Waals surface area (Å²) >= 11 is 0. The highest BCUT2D eigenvalue weighted by atomic mass is 16.1. The third-order valence-electron chi connectivity index (χ3n) is 7.19. The van der Waals surface area contributed by atoms with Crippen LogP contribution in [0.4, 0.5) is 0 Å². The highest BCUT2D eigenvalue weighted by Gasteiger charge is 2.22. The van der Waals surface area contributed by atoms with E-state index in [0.29, 0.717) is 12.5 Å². The molecule has 2 aliphatic rings. The van der Waals surface area contributed by atoms with E-state index in [1.54, 1.807) is 0 Å². The molecule has 2 aromatic carbocycles. The summed E-state index contributed by atoms with van der Waals surface area (Å²) in [5.74, 6) is 1.26. The first kappa shape index (κ1) is 20.9. The SMILES string of the molecule is [2H]n1c(-c2ccc(CC(=O)C3CCCN3)cc2)ccc1-c1ccc(-c2cnc([C@@H]3CCCN3)[nH]2)cc1. The van der Waals surface area contributed by atoms with Crippen LogP contribution in [0.3, 0.4) is 0 Å². The zero-order valence-corrected chi connectivity index (χ0v) is 19.8. The van der Waals surface area contributed by atoms with E-state index in [-0.39, 0.29) is 11.8 Å². The van der Waals surface area contributed by atoms with Crippen molar-refractivity contribution in [3.63, 3.8) is 0 Å². The molecule has 6 nitrogen and oxygen atoms in total. The number of H-pyrrole nitrogens is 2. The van der Waals surface area contributed by atoms with Crippen LogP contribution < -0.4 is 10.6 Å². The van der Waals surface area contributed by atoms with Crippen LogP contribution in [-0.2, 0) is 11.2 Å². The fraction of sp³-hybridized carbons (Fsp3) is 0.310. The number of hydrogen-bond donors (Lipinski definition) is 4. The van der Waals surface area contributed by atoms with E-state index in [2.05, 4.69) is 44.9 Å². The van der Waals surface area contributed by atoms with Gasteiger partial charge in [0.1, 0.15) is 5.82 Å². The van der Waals surface area contributed by atoms with Gasteiger partial charge in [0.2, 0.25) is 0 Å². The lowest BCUT2D eigenvalue weighted by molar-refractivity contribution is -0.120. The van der Waals surface area contributed by atoms with Crippen molar-refractivity contribution in [1.82, 2.24) is 25.6 Å². The van der Waals surface area contributed by atoms with Crippen molar-refractivity contribution >= 4 is 5.78 Å². The third-order valence-corrected chi connectivity index (χ3v) is 7.19. The Hall–Kier alpha value is -3.48. The molecule has 4 heterocycles. The van der Waals surface area contributed by atoms with E-state index in [9.17, 15) is 4.79 Å². The Kier molecular flexibility index (Phi) is 5.75. The summed E-state index contributed by atoms with van der Waals surface area (Å²) < 4.78 is 8.73. The molecule has 0 radical (unpaired) electrons. The molecule has 0 bridgehead atoms. The number of imidazole rings is 1. The standard InChI is InChI=1S/C29H31N5O/c35-28(25-3-1-15-30-25)17-19-5-7-20(8-6-19)23-13-14-24(33-23)21-9-11-22(12-10-21)27-18-32-29(34-27)26-4-2-16-31-26/h5-14,18,25-26,30-31,33H,1-4,15-17H2,(H,32,34)/t25?,26-/m0/s1/i/hD. The lowest BCUT2D eigenvalue weighted by atomic mass is 10.0. The summed E-state index contributed by atoms with van der Waals surface area (Å²) in [5, 5.41) is 6.76. The average Bonchev–Trinajstić information content (AvgIpc) is 3.72. The van der Waals surface area contributed by atoms with Crippen LogP contribution in [0.25, 0.3) is 33.8 Å². The smallest absolute Gasteiger partial charge is 0.167 e. The Bertz CT molecular complexity index is 1340. The molecule has 0 amide bonds. The molecular formula is C29H31N5O. The Morgan fingerprint density at radius 2 is 1.46 bits per heavy atom. The molecule has 35 heavy (non-hydrogen) atoms. The topological polar surface area (TPSA) is 85.6 Å². The molecule has 4 aromatic rings. The number of ketones is 1. The summed E-state index contributed by atoms with van der Waals surface area (Å²) in [6.07, 6.45) is 6.67. The van der Waals surface area contributed by atoms with Crippen LogP contribution in [0.1, 0.15) is 43.1 Å². The van der Waals surface area contributed by atoms with Gasteiger partial charge in [-0.3, -0.25) is 4.79 Å². The molecule has 178 valence electrons. The maximum Gasteiger partial charge on any atom is 0.167 e. The number of nitrogens with zero attached hydrogens (tertiary/aromatic N) is 1. The minimum Gasteiger partial charge on any atom is -0.355 e. The molecule has 2 atom stereocenters. The van der Waals surface area contributed by atoms with E-state index in [4.69, 9.17) is 1.41 Å². The molecule has 6 rings (SSSR count). The molecule has 2 fully saturated rings. The summed E-state index contributed by atoms with van der Waals surface area (Å²) in [5.41, 5.74) is 6.72. The molecule has 4 N–H and O–H groups in total. The number of benzene rings is 2. The molecule has 0 saturated carbocycles. The number of nitrogens with one attached hydrogen (secondary N) is 4. The fourth-order valence-electron chi connectivity index (χ4n) is 5.16. The second-order valence-corrected chi connectivity index (χ2v) is 9.61. The van der Waals surface area contributed by atoms with Crippen molar-refractivity contribution < 1.29 is 6.21 Å². The second-order valence-electron chi connectivity index (χ2n) is 9.61. The molecule has 0 spiro atoms. The number of carbonyl (C=O) groups is 1. The number of Topliss-reactive ketones (excluding diaryl/α,β-unsaturated/α-hetero) is 1. The number of rotatable bonds is 7. The highest BCUT2D eigenvalue weighted by molar-refractivity contribution is 5.86. The number of aromatic nitrogens is 3. The van der Waals surface area contributed by atoms with E-state index in [1.165, 1.54) is 11.4 Å². The maximum atomic E-state index is 12.5. The van der Waals surface area contributed by atoms with Gasteiger partial charge in [-0.25, -0.2) is 4.98 Å². The van der Waals surface area contributed by atoms with Crippen LogP contribution in [-0.4, -0.2) is 39.9 Å². The van der Waals surface area contributed by atoms with Gasteiger partial charge in [0.15, 0.2) is 7.20 Å². The molecule has 0 aliphatic carbocycles. The van der Waals surface area contributed by atoms with Gasteiger partial charge in [-0.2, -0.15) is 0 Å². The van der Waals surface area contributed by atoms with Gasteiger partial charge in [0.25, 0.3) is 0 Å². The number of hydrogen-bond acceptors (Lipinski definition) is 4. The zero-order chi connectivity index (χ0) is 24.5. The van der Waals surface area contributed by atoms with Gasteiger partial charge in [0.05, 0.1) is 24.0 Å². The molecular weight excluding hydrogens is 434 g/mol. The van der Waals surface area contributed by atoms with Gasteiger partial charge in [-0.15, -0.1) is 0 Å². The number of aromatic amines is 2. The van der Waals surface area contributed by atoms with Gasteiger partial charge in [0, 0.05) is 17.8 Å². The Morgan fingerprint density at radius 3 is 2.09 bits per heavy atom. The van der Waals surface area contributed by atoms with Crippen LogP contribution in [0.2, 0.25) is 1.41 Å². The minimum atomic E-state index is 0.00344. The van der Waals surface area contributed by atoms with Crippen molar-refractivity contribution in [2.24, 2.45) is 0 Å². The molecule has 2 saturated heterocycles. The third kappa shape index (κ3) is 4.72. The first-order chi connectivity index (χ1) is 17.7. The molecule has 2 aromatic heterocycles. The van der Waals surface area contributed by atoms with Crippen LogP contribution in [0.15, 0.2) is 66.9 Å². The minimum absolute atomic E-state index is 0.00344. The zero-order valence-electron chi connectivity index (χ0n) is 20.8. The summed E-state index contributed by atoms with van der Waals surface area (Å²) in [4.78, 5) is 22.0. The van der Waals surface area contributed by atoms with E-state index in [0.717, 1.165) is 77.5 Å². The van der Waals surface area contributed by atoms with Crippen LogP contribution in [0, 0.1) is 0 Å². The average molecular weight is 467 g/mol. The van der Waals surface area contributed by atoms with E-state index < -0.39 is 0 Å². The Morgan fingerprint density at radius 1 is 0.829 bits per heavy atom. The van der Waals surface area contributed by atoms with Crippen molar-refractivity contribution in [1.29, 1.82) is 0 Å². The van der Waals surface area contributed by atoms with Crippen LogP contribution in [0.5, 0.6) is 0 Å². The second kappa shape index (κ2) is 9.64. The predicted molar refractivity (Wildman–Crippen MR) is 139 cm³/mol. The van der Waals surface area contributed by atoms with E-state index >= 15 is 0 Å². The summed E-state index contributed by atoms with van der Waals surface area (Å²) in [7, 11) is 0. The quantitative estimate of drug-likeness (QED) is 0.308. The van der Waals surface area contributed by atoms with Crippen molar-refractivity contribution in [2.75, 3.05) is 13.1 Å². The van der Waals surface area contributed by atoms with Crippen molar-refractivity contribution in [3.8, 4) is 33.8 Å². The molecule has 6 heteroatoms. The first-order valence-electron chi connectivity index (χ1n) is 13.1. The maximum absolute atomic E-state index is 12.5. The normalized spacial score (nSPS) is 20.3. The first-order valence-corrected chi connectivity index (χ1v) is 12.6. The van der Waals surface area contributed by atoms with Gasteiger partial charge < -0.3 is 20.6 Å². The predicted octanol–water partition coefficient (Wildman–Crippen LogP) is 5.03. The Balaban J connectivity index is 1.16. The highest BCUT2D eigenvalue weighted by Crippen LogP contribution is 2.28. The van der Waals surface area contributed by atoms with Crippen molar-refractivity contribution in [2.45, 2.75) is 44.2 Å². The lowest BCUT2D eigenvalue weighted by Gasteiger charge is -2.09. The largest absolute Gasteiger partial charge is 0.355 e. The van der Waals surface area contributed by atoms with E-state index in [1.807, 2.05) is 42.6 Å². The summed E-state index contributed by atoms with van der Waals surface area (Å²) in [6.45, 7) is 1.98. The number of carbonyl (C=O) groups excluding carboxylic acids is 1. The lowest BCUT2D eigenvalue weighted by Crippen LogP contribution is -2.31. The van der Waals surface area contributed by atoms with Gasteiger partial charge >= 0.3 is 0 Å². The monoisotopic (exact) mass is 466 g/mol. The fourth-order valence-corrected chi connectivity index (χ4v) is 5.16. The Labute approximate surface area is 207 Å². The van der Waals surface area contributed by atoms with Gasteiger partial charge in [-0.1, -0.05) is 48.5 Å². The molecule has 2 aliphatic heterocycles. The van der Waals surface area contributed by atoms with Crippen LogP contribution >= 0.6 is 0 Å². The van der Waals surface area contributed by atoms with Crippen molar-refractivity contribution in [3.05, 3.63) is 78.2 Å².